The summed E-state index contributed by atoms with van der Waals surface area (Å²) in [5.74, 6) is -2.34. The highest BCUT2D eigenvalue weighted by molar-refractivity contribution is 5.94. The smallest absolute Gasteiger partial charge is 0.466 e. The lowest BCUT2D eigenvalue weighted by molar-refractivity contribution is -0.209. The lowest BCUT2D eigenvalue weighted by atomic mass is 9.99. The third kappa shape index (κ3) is 3.88. The van der Waals surface area contributed by atoms with Crippen LogP contribution < -0.4 is 0 Å². The average Bonchev–Trinajstić information content (AvgIpc) is 3.02. The summed E-state index contributed by atoms with van der Waals surface area (Å²) in [6, 6.07) is 7.11. The van der Waals surface area contributed by atoms with E-state index in [0.29, 0.717) is 11.6 Å². The maximum Gasteiger partial charge on any atom is 0.505 e. The Morgan fingerprint density at radius 3 is 2.57 bits per heavy atom. The summed E-state index contributed by atoms with van der Waals surface area (Å²) in [6.07, 6.45) is -2.85. The third-order valence-electron chi connectivity index (χ3n) is 4.04. The highest BCUT2D eigenvalue weighted by atomic mass is 19.4. The first-order valence-corrected chi connectivity index (χ1v) is 7.98. The van der Waals surface area contributed by atoms with Crippen LogP contribution in [0.4, 0.5) is 22.0 Å². The van der Waals surface area contributed by atoms with Crippen molar-refractivity contribution in [3.63, 3.8) is 0 Å². The van der Waals surface area contributed by atoms with Crippen molar-refractivity contribution in [2.75, 3.05) is 7.11 Å². The van der Waals surface area contributed by atoms with Crippen molar-refractivity contribution in [2.45, 2.75) is 12.7 Å². The Hall–Kier alpha value is -3.23. The van der Waals surface area contributed by atoms with Crippen LogP contribution in [0.15, 0.2) is 42.5 Å². The average molecular weight is 396 g/mol. The van der Waals surface area contributed by atoms with Gasteiger partial charge in [-0.1, -0.05) is 18.2 Å². The molecule has 0 amide bonds. The molecule has 0 fully saturated rings. The van der Waals surface area contributed by atoms with Crippen LogP contribution in [0.3, 0.4) is 0 Å². The van der Waals surface area contributed by atoms with Gasteiger partial charge in [0.1, 0.15) is 11.6 Å². The number of rotatable bonds is 4. The van der Waals surface area contributed by atoms with Crippen molar-refractivity contribution < 1.29 is 31.5 Å². The Morgan fingerprint density at radius 2 is 1.93 bits per heavy atom. The van der Waals surface area contributed by atoms with Gasteiger partial charge in [-0.15, -0.1) is 13.2 Å². The zero-order valence-corrected chi connectivity index (χ0v) is 14.4. The van der Waals surface area contributed by atoms with Gasteiger partial charge in [-0.3, -0.25) is 0 Å². The molecule has 1 aromatic heterocycles. The van der Waals surface area contributed by atoms with Crippen molar-refractivity contribution in [3.05, 3.63) is 70.9 Å². The minimum absolute atomic E-state index is 0.0912. The predicted molar refractivity (Wildman–Crippen MR) is 91.2 cm³/mol. The molecule has 0 atom stereocenters. The van der Waals surface area contributed by atoms with Crippen molar-refractivity contribution in [1.29, 1.82) is 0 Å². The van der Waals surface area contributed by atoms with Crippen LogP contribution in [-0.2, 0) is 22.3 Å². The second kappa shape index (κ2) is 7.41. The number of alkyl halides is 3. The van der Waals surface area contributed by atoms with Crippen molar-refractivity contribution in [1.82, 2.24) is 9.78 Å². The molecule has 0 aliphatic rings. The topological polar surface area (TPSA) is 44.1 Å². The molecule has 0 N–H and O–H groups in total. The fraction of sp³-hybridized carbons (Fsp3) is 0.158. The summed E-state index contributed by atoms with van der Waals surface area (Å²) < 4.78 is 71.5. The summed E-state index contributed by atoms with van der Waals surface area (Å²) >= 11 is 0. The zero-order valence-electron chi connectivity index (χ0n) is 14.4. The molecule has 9 heteroatoms. The van der Waals surface area contributed by atoms with Gasteiger partial charge in [0.2, 0.25) is 0 Å². The second-order valence-electron chi connectivity index (χ2n) is 5.85. The van der Waals surface area contributed by atoms with Crippen LogP contribution >= 0.6 is 0 Å². The molecule has 28 heavy (non-hydrogen) atoms. The molecule has 0 aliphatic carbocycles. The number of hydrogen-bond acceptors (Lipinski definition) is 3. The Balaban J connectivity index is 2.18. The molecule has 0 saturated heterocycles. The van der Waals surface area contributed by atoms with Gasteiger partial charge in [0.05, 0.1) is 18.3 Å². The van der Waals surface area contributed by atoms with Crippen LogP contribution in [0.25, 0.3) is 17.0 Å². The molecule has 0 radical (unpaired) electrons. The van der Waals surface area contributed by atoms with E-state index in [9.17, 15) is 26.7 Å². The molecule has 146 valence electrons. The van der Waals surface area contributed by atoms with E-state index < -0.39 is 23.9 Å². The number of benzene rings is 2. The minimum atomic E-state index is -4.80. The molecule has 0 saturated carbocycles. The number of nitrogens with zero attached hydrogens (tertiary/aromatic N) is 2. The molecular formula is C19H13F5N2O2. The van der Waals surface area contributed by atoms with E-state index in [-0.39, 0.29) is 33.3 Å². The molecule has 0 bridgehead atoms. The Labute approximate surface area is 155 Å². The van der Waals surface area contributed by atoms with Crippen LogP contribution in [0, 0.1) is 11.6 Å². The molecule has 3 rings (SSSR count). The number of halogens is 5. The van der Waals surface area contributed by atoms with Gasteiger partial charge in [-0.2, -0.15) is 9.78 Å². The van der Waals surface area contributed by atoms with E-state index in [0.717, 1.165) is 25.3 Å². The molecule has 0 spiro atoms. The van der Waals surface area contributed by atoms with Gasteiger partial charge in [0.15, 0.2) is 0 Å². The number of ether oxygens (including phenoxy) is 1. The fourth-order valence-corrected chi connectivity index (χ4v) is 2.81. The summed E-state index contributed by atoms with van der Waals surface area (Å²) in [4.78, 5) is 11.3. The molecule has 1 heterocycles. The number of methoxy groups -OCH3 is 1. The lowest BCUT2D eigenvalue weighted by Gasteiger charge is -2.09. The molecule has 3 aromatic rings. The van der Waals surface area contributed by atoms with Gasteiger partial charge in [-0.25, -0.2) is 13.6 Å². The largest absolute Gasteiger partial charge is 0.505 e. The van der Waals surface area contributed by atoms with E-state index >= 15 is 0 Å². The monoisotopic (exact) mass is 396 g/mol. The standard InChI is InChI=1S/C19H13F5N2O2/c1-28-17(27)8-7-15-18-12(9-11-5-6-13(20)10-14(11)21)3-2-4-16(18)26(25-15)19(22,23)24/h2-8,10H,9H2,1H3/b8-7+. The molecule has 0 aliphatic heterocycles. The van der Waals surface area contributed by atoms with Crippen LogP contribution in [0.5, 0.6) is 0 Å². The van der Waals surface area contributed by atoms with Crippen LogP contribution in [-0.4, -0.2) is 22.9 Å². The number of carbonyl (C=O) groups excluding carboxylic acids is 1. The number of aromatic nitrogens is 2. The number of carbonyl (C=O) groups is 1. The maximum absolute atomic E-state index is 14.0. The quantitative estimate of drug-likeness (QED) is 0.369. The third-order valence-corrected chi connectivity index (χ3v) is 4.04. The number of fused-ring (bicyclic) bond motifs is 1. The van der Waals surface area contributed by atoms with Gasteiger partial charge in [0, 0.05) is 23.9 Å². The van der Waals surface area contributed by atoms with E-state index in [1.807, 2.05) is 0 Å². The highest BCUT2D eigenvalue weighted by Crippen LogP contribution is 2.32. The molecule has 4 nitrogen and oxygen atoms in total. The van der Waals surface area contributed by atoms with Crippen LogP contribution in [0.2, 0.25) is 0 Å². The Bertz CT molecular complexity index is 1070. The summed E-state index contributed by atoms with van der Waals surface area (Å²) in [5, 5.41) is 3.65. The lowest BCUT2D eigenvalue weighted by Crippen LogP contribution is -2.18. The maximum atomic E-state index is 14.0. The van der Waals surface area contributed by atoms with Gasteiger partial charge in [-0.05, 0) is 29.3 Å². The summed E-state index contributed by atoms with van der Waals surface area (Å²) in [6.45, 7) is 0. The SMILES string of the molecule is COC(=O)/C=C/c1nn(C(F)(F)F)c2cccc(Cc3ccc(F)cc3F)c12. The first-order chi connectivity index (χ1) is 13.2. The first kappa shape index (κ1) is 19.5. The summed E-state index contributed by atoms with van der Waals surface area (Å²) in [5.41, 5.74) is 0.0625. The molecular weight excluding hydrogens is 383 g/mol. The fourth-order valence-electron chi connectivity index (χ4n) is 2.81. The Morgan fingerprint density at radius 1 is 1.18 bits per heavy atom. The van der Waals surface area contributed by atoms with Gasteiger partial charge >= 0.3 is 12.3 Å². The van der Waals surface area contributed by atoms with E-state index in [1.54, 1.807) is 0 Å². The summed E-state index contributed by atoms with van der Waals surface area (Å²) in [7, 11) is 1.13. The van der Waals surface area contributed by atoms with Gasteiger partial charge in [0.25, 0.3) is 0 Å². The molecule has 0 unspecified atom stereocenters. The first-order valence-electron chi connectivity index (χ1n) is 7.98. The molecule has 2 aromatic carbocycles. The highest BCUT2D eigenvalue weighted by Gasteiger charge is 2.34. The van der Waals surface area contributed by atoms with Crippen LogP contribution in [0.1, 0.15) is 16.8 Å². The Kier molecular flexibility index (Phi) is 5.17. The predicted octanol–water partition coefficient (Wildman–Crippen LogP) is 4.57. The zero-order chi connectivity index (χ0) is 20.5. The van der Waals surface area contributed by atoms with Crippen molar-refractivity contribution >= 4 is 22.9 Å². The minimum Gasteiger partial charge on any atom is -0.466 e. The van der Waals surface area contributed by atoms with Gasteiger partial charge < -0.3 is 4.74 Å². The van der Waals surface area contributed by atoms with Crippen molar-refractivity contribution in [2.24, 2.45) is 0 Å². The number of esters is 1. The van der Waals surface area contributed by atoms with E-state index in [4.69, 9.17) is 0 Å². The normalized spacial score (nSPS) is 12.1. The second-order valence-corrected chi connectivity index (χ2v) is 5.85. The number of hydrogen-bond donors (Lipinski definition) is 0. The van der Waals surface area contributed by atoms with Crippen molar-refractivity contribution in [3.8, 4) is 0 Å². The van der Waals surface area contributed by atoms with E-state index in [2.05, 4.69) is 9.84 Å². The van der Waals surface area contributed by atoms with E-state index in [1.165, 1.54) is 24.3 Å².